The van der Waals surface area contributed by atoms with Crippen LogP contribution < -0.4 is 10.6 Å². The van der Waals surface area contributed by atoms with Crippen molar-refractivity contribution < 1.29 is 5.11 Å². The van der Waals surface area contributed by atoms with Gasteiger partial charge in [0.1, 0.15) is 11.5 Å². The normalized spacial score (nSPS) is 24.7. The van der Waals surface area contributed by atoms with Gasteiger partial charge in [-0.15, -0.1) is 0 Å². The topological polar surface area (TPSA) is 86.2 Å². The van der Waals surface area contributed by atoms with Crippen LogP contribution in [0.1, 0.15) is 31.9 Å². The Hall–Kier alpha value is -1.62. The highest BCUT2D eigenvalue weighted by Gasteiger charge is 2.25. The van der Waals surface area contributed by atoms with Crippen LogP contribution in [0, 0.1) is 5.41 Å². The molecule has 98 valence electrons. The number of nitrogens with one attached hydrogen (secondary N) is 1. The van der Waals surface area contributed by atoms with Gasteiger partial charge in [0.2, 0.25) is 0 Å². The summed E-state index contributed by atoms with van der Waals surface area (Å²) >= 11 is 0. The largest absolute Gasteiger partial charge is 0.390 e. The van der Waals surface area contributed by atoms with Gasteiger partial charge in [0.25, 0.3) is 0 Å². The van der Waals surface area contributed by atoms with E-state index in [1.165, 1.54) is 0 Å². The third-order valence-electron chi connectivity index (χ3n) is 3.45. The maximum atomic E-state index is 10.1. The summed E-state index contributed by atoms with van der Waals surface area (Å²) in [5.41, 5.74) is 6.41. The van der Waals surface area contributed by atoms with E-state index < -0.39 is 5.60 Å². The van der Waals surface area contributed by atoms with Crippen molar-refractivity contribution in [1.29, 1.82) is 5.41 Å². The van der Waals surface area contributed by atoms with E-state index in [1.807, 2.05) is 19.1 Å². The molecule has 2 rings (SSSR count). The molecule has 5 nitrogen and oxygen atoms in total. The Labute approximate surface area is 107 Å². The molecule has 18 heavy (non-hydrogen) atoms. The number of amidine groups is 1. The number of aliphatic hydroxyl groups is 1. The van der Waals surface area contributed by atoms with Crippen molar-refractivity contribution in [2.24, 2.45) is 5.73 Å². The number of rotatable bonds is 2. The minimum atomic E-state index is -0.564. The molecule has 4 N–H and O–H groups in total. The lowest BCUT2D eigenvalue weighted by Crippen LogP contribution is -2.28. The van der Waals surface area contributed by atoms with E-state index in [1.54, 1.807) is 6.20 Å². The van der Waals surface area contributed by atoms with E-state index in [0.29, 0.717) is 5.69 Å². The van der Waals surface area contributed by atoms with E-state index in [-0.39, 0.29) is 5.84 Å². The number of anilines is 1. The van der Waals surface area contributed by atoms with E-state index in [4.69, 9.17) is 11.1 Å². The van der Waals surface area contributed by atoms with Crippen LogP contribution in [0.3, 0.4) is 0 Å². The molecule has 0 radical (unpaired) electrons. The van der Waals surface area contributed by atoms with Crippen molar-refractivity contribution in [3.63, 3.8) is 0 Å². The maximum absolute atomic E-state index is 10.1. The van der Waals surface area contributed by atoms with E-state index in [0.717, 1.165) is 38.0 Å². The Kier molecular flexibility index (Phi) is 3.52. The summed E-state index contributed by atoms with van der Waals surface area (Å²) in [5.74, 6) is -0.0151. The first-order valence-electron chi connectivity index (χ1n) is 6.26. The molecule has 2 heterocycles. The number of hydrogen-bond acceptors (Lipinski definition) is 4. The molecule has 1 fully saturated rings. The second-order valence-electron chi connectivity index (χ2n) is 5.15. The van der Waals surface area contributed by atoms with Crippen LogP contribution in [-0.4, -0.2) is 34.6 Å². The Morgan fingerprint density at radius 1 is 1.50 bits per heavy atom. The maximum Gasteiger partial charge on any atom is 0.141 e. The highest BCUT2D eigenvalue weighted by Crippen LogP contribution is 2.25. The summed E-state index contributed by atoms with van der Waals surface area (Å²) in [6, 6.07) is 3.76. The van der Waals surface area contributed by atoms with Crippen molar-refractivity contribution >= 4 is 11.5 Å². The Bertz CT molecular complexity index is 444. The minimum Gasteiger partial charge on any atom is -0.390 e. The number of aromatic nitrogens is 1. The van der Waals surface area contributed by atoms with E-state index in [2.05, 4.69) is 9.88 Å². The van der Waals surface area contributed by atoms with Gasteiger partial charge in [-0.3, -0.25) is 10.4 Å². The van der Waals surface area contributed by atoms with Gasteiger partial charge >= 0.3 is 0 Å². The lowest BCUT2D eigenvalue weighted by molar-refractivity contribution is 0.0481. The Morgan fingerprint density at radius 3 is 3.00 bits per heavy atom. The van der Waals surface area contributed by atoms with Gasteiger partial charge in [-0.05, 0) is 38.3 Å². The molecule has 1 unspecified atom stereocenters. The van der Waals surface area contributed by atoms with E-state index >= 15 is 0 Å². The van der Waals surface area contributed by atoms with Gasteiger partial charge in [-0.2, -0.15) is 0 Å². The van der Waals surface area contributed by atoms with Crippen LogP contribution in [0.2, 0.25) is 0 Å². The first kappa shape index (κ1) is 12.8. The monoisotopic (exact) mass is 248 g/mol. The molecule has 1 saturated heterocycles. The predicted molar refractivity (Wildman–Crippen MR) is 71.9 cm³/mol. The van der Waals surface area contributed by atoms with Crippen molar-refractivity contribution in [1.82, 2.24) is 4.98 Å². The standard InChI is InChI=1S/C13H20N4O/c1-13(18)4-2-7-17(8-5-13)10-3-6-16-11(9-10)12(14)15/h3,6,9,18H,2,4-5,7-8H2,1H3,(H3,14,15). The number of nitrogens with two attached hydrogens (primary N) is 1. The fraction of sp³-hybridized carbons (Fsp3) is 0.538. The third kappa shape index (κ3) is 2.98. The van der Waals surface area contributed by atoms with Crippen molar-refractivity contribution in [2.45, 2.75) is 31.8 Å². The van der Waals surface area contributed by atoms with Crippen LogP contribution in [-0.2, 0) is 0 Å². The molecular weight excluding hydrogens is 228 g/mol. The number of nitrogen functional groups attached to an aromatic ring is 1. The summed E-state index contributed by atoms with van der Waals surface area (Å²) in [5, 5.41) is 17.5. The molecule has 0 amide bonds. The van der Waals surface area contributed by atoms with Gasteiger partial charge in [-0.25, -0.2) is 0 Å². The summed E-state index contributed by atoms with van der Waals surface area (Å²) in [4.78, 5) is 6.28. The quantitative estimate of drug-likeness (QED) is 0.540. The lowest BCUT2D eigenvalue weighted by atomic mass is 9.98. The molecule has 1 aliphatic rings. The molecule has 5 heteroatoms. The smallest absolute Gasteiger partial charge is 0.141 e. The van der Waals surface area contributed by atoms with Gasteiger partial charge < -0.3 is 15.7 Å². The van der Waals surface area contributed by atoms with Crippen LogP contribution >= 0.6 is 0 Å². The molecule has 0 bridgehead atoms. The molecular formula is C13H20N4O. The Balaban J connectivity index is 2.16. The first-order valence-corrected chi connectivity index (χ1v) is 6.26. The zero-order valence-electron chi connectivity index (χ0n) is 10.7. The fourth-order valence-corrected chi connectivity index (χ4v) is 2.28. The molecule has 0 spiro atoms. The molecule has 1 atom stereocenters. The van der Waals surface area contributed by atoms with Crippen LogP contribution in [0.15, 0.2) is 18.3 Å². The first-order chi connectivity index (χ1) is 8.48. The third-order valence-corrected chi connectivity index (χ3v) is 3.45. The lowest BCUT2D eigenvalue weighted by Gasteiger charge is -2.24. The highest BCUT2D eigenvalue weighted by molar-refractivity contribution is 5.93. The second kappa shape index (κ2) is 4.94. The number of pyridine rings is 1. The van der Waals surface area contributed by atoms with Gasteiger partial charge in [-0.1, -0.05) is 0 Å². The summed E-state index contributed by atoms with van der Waals surface area (Å²) in [6.45, 7) is 3.62. The average molecular weight is 248 g/mol. The molecule has 1 aromatic rings. The van der Waals surface area contributed by atoms with Crippen molar-refractivity contribution in [2.75, 3.05) is 18.0 Å². The van der Waals surface area contributed by atoms with Crippen molar-refractivity contribution in [3.8, 4) is 0 Å². The summed E-state index contributed by atoms with van der Waals surface area (Å²) in [7, 11) is 0. The molecule has 0 aliphatic carbocycles. The van der Waals surface area contributed by atoms with Gasteiger partial charge in [0, 0.05) is 25.0 Å². The number of hydrogen-bond donors (Lipinski definition) is 3. The predicted octanol–water partition coefficient (Wildman–Crippen LogP) is 1.11. The minimum absolute atomic E-state index is 0.0151. The summed E-state index contributed by atoms with van der Waals surface area (Å²) < 4.78 is 0. The molecule has 1 aliphatic heterocycles. The van der Waals surface area contributed by atoms with Crippen LogP contribution in [0.25, 0.3) is 0 Å². The van der Waals surface area contributed by atoms with Crippen molar-refractivity contribution in [3.05, 3.63) is 24.0 Å². The Morgan fingerprint density at radius 2 is 2.28 bits per heavy atom. The van der Waals surface area contributed by atoms with Crippen LogP contribution in [0.5, 0.6) is 0 Å². The van der Waals surface area contributed by atoms with Gasteiger partial charge in [0.05, 0.1) is 5.60 Å². The van der Waals surface area contributed by atoms with Crippen LogP contribution in [0.4, 0.5) is 5.69 Å². The second-order valence-corrected chi connectivity index (χ2v) is 5.15. The zero-order chi connectivity index (χ0) is 13.2. The molecule has 0 aromatic carbocycles. The fourth-order valence-electron chi connectivity index (χ4n) is 2.28. The summed E-state index contributed by atoms with van der Waals surface area (Å²) in [6.07, 6.45) is 4.22. The van der Waals surface area contributed by atoms with Gasteiger partial charge in [0.15, 0.2) is 0 Å². The zero-order valence-corrected chi connectivity index (χ0v) is 10.7. The SMILES string of the molecule is CC1(O)CCCN(c2ccnc(C(=N)N)c2)CC1. The van der Waals surface area contributed by atoms with E-state index in [9.17, 15) is 5.11 Å². The average Bonchev–Trinajstić information content (AvgIpc) is 2.50. The molecule has 1 aromatic heterocycles. The number of nitrogens with zero attached hydrogens (tertiary/aromatic N) is 2. The molecule has 0 saturated carbocycles. The highest BCUT2D eigenvalue weighted by atomic mass is 16.3.